The van der Waals surface area contributed by atoms with E-state index in [2.05, 4.69) is 0 Å². The topological polar surface area (TPSA) is 55.1 Å². The van der Waals surface area contributed by atoms with Gasteiger partial charge < -0.3 is 11.1 Å². The van der Waals surface area contributed by atoms with Gasteiger partial charge in [0.1, 0.15) is 5.70 Å². The lowest BCUT2D eigenvalue weighted by Gasteiger charge is -2.19. The largest absolute Gasteiger partial charge is 0.431 e. The quantitative estimate of drug-likeness (QED) is 0.526. The minimum Gasteiger partial charge on any atom is -0.366 e. The Labute approximate surface area is 80.5 Å². The average molecular weight is 233 g/mol. The van der Waals surface area contributed by atoms with Crippen LogP contribution in [0, 0.1) is 0 Å². The van der Waals surface area contributed by atoms with Gasteiger partial charge in [-0.25, -0.2) is 0 Å². The van der Waals surface area contributed by atoms with E-state index in [9.17, 15) is 18.0 Å². The molecular formula is C5H4ClF3N2OS. The fourth-order valence-corrected chi connectivity index (χ4v) is 1.62. The van der Waals surface area contributed by atoms with Crippen LogP contribution >= 0.6 is 23.4 Å². The fraction of sp³-hybridized carbons (Fsp3) is 0.400. The molecule has 13 heavy (non-hydrogen) atoms. The molecule has 1 rings (SSSR count). The van der Waals surface area contributed by atoms with E-state index in [1.807, 2.05) is 0 Å². The third kappa shape index (κ3) is 2.02. The number of rotatable bonds is 1. The maximum atomic E-state index is 12.0. The molecular weight excluding hydrogens is 229 g/mol. The first kappa shape index (κ1) is 10.5. The van der Waals surface area contributed by atoms with Gasteiger partial charge in [-0.2, -0.15) is 13.2 Å². The number of thioether (sulfide) groups is 1. The Hall–Kier alpha value is -0.560. The number of amides is 1. The van der Waals surface area contributed by atoms with Gasteiger partial charge in [-0.15, -0.1) is 0 Å². The van der Waals surface area contributed by atoms with Gasteiger partial charge in [-0.05, 0) is 0 Å². The predicted molar refractivity (Wildman–Crippen MR) is 42.6 cm³/mol. The van der Waals surface area contributed by atoms with Gasteiger partial charge in [-0.1, -0.05) is 23.4 Å². The highest BCUT2D eigenvalue weighted by Crippen LogP contribution is 2.40. The summed E-state index contributed by atoms with van der Waals surface area (Å²) in [6.07, 6.45) is -4.54. The Kier molecular flexibility index (Phi) is 2.42. The van der Waals surface area contributed by atoms with Crippen LogP contribution in [0.4, 0.5) is 13.2 Å². The summed E-state index contributed by atoms with van der Waals surface area (Å²) in [5, 5.41) is 2.52. The molecule has 0 saturated carbocycles. The SMILES string of the molecule is NC(=O)C1(Cl)NC(C(F)(F)F)=CS1. The Morgan fingerprint density at radius 3 is 2.46 bits per heavy atom. The van der Waals surface area contributed by atoms with Crippen LogP contribution in [0.2, 0.25) is 0 Å². The number of allylic oxidation sites excluding steroid dienone is 1. The van der Waals surface area contributed by atoms with E-state index < -0.39 is 22.1 Å². The number of nitrogens with one attached hydrogen (secondary N) is 1. The summed E-state index contributed by atoms with van der Waals surface area (Å²) < 4.78 is 34.1. The van der Waals surface area contributed by atoms with E-state index in [1.54, 1.807) is 5.32 Å². The molecule has 1 unspecified atom stereocenters. The van der Waals surface area contributed by atoms with E-state index >= 15 is 0 Å². The summed E-state index contributed by atoms with van der Waals surface area (Å²) in [4.78, 5) is 10.6. The number of hydrogen-bond acceptors (Lipinski definition) is 3. The molecule has 3 N–H and O–H groups in total. The normalized spacial score (nSPS) is 28.2. The highest BCUT2D eigenvalue weighted by Gasteiger charge is 2.47. The van der Waals surface area contributed by atoms with Crippen LogP contribution < -0.4 is 11.1 Å². The average Bonchev–Trinajstić information content (AvgIpc) is 2.31. The van der Waals surface area contributed by atoms with Crippen LogP contribution in [0.25, 0.3) is 0 Å². The molecule has 3 nitrogen and oxygen atoms in total. The molecule has 1 aliphatic rings. The Morgan fingerprint density at radius 1 is 1.69 bits per heavy atom. The van der Waals surface area contributed by atoms with E-state index in [-0.39, 0.29) is 0 Å². The molecule has 1 atom stereocenters. The van der Waals surface area contributed by atoms with Crippen LogP contribution in [0.15, 0.2) is 11.1 Å². The maximum Gasteiger partial charge on any atom is 0.431 e. The zero-order valence-corrected chi connectivity index (χ0v) is 7.56. The number of carbonyl (C=O) groups excluding carboxylic acids is 1. The number of primary amides is 1. The number of nitrogens with two attached hydrogens (primary N) is 1. The zero-order valence-electron chi connectivity index (χ0n) is 5.98. The van der Waals surface area contributed by atoms with Gasteiger partial charge in [-0.3, -0.25) is 4.79 Å². The Morgan fingerprint density at radius 2 is 2.23 bits per heavy atom. The van der Waals surface area contributed by atoms with Crippen molar-refractivity contribution in [3.8, 4) is 0 Å². The minimum atomic E-state index is -4.54. The molecule has 0 aromatic carbocycles. The predicted octanol–water partition coefficient (Wildman–Crippen LogP) is 1.10. The fourth-order valence-electron chi connectivity index (χ4n) is 0.630. The van der Waals surface area contributed by atoms with Crippen molar-refractivity contribution in [1.82, 2.24) is 5.32 Å². The molecule has 0 aliphatic carbocycles. The molecule has 0 bridgehead atoms. The summed E-state index contributed by atoms with van der Waals surface area (Å²) in [5.41, 5.74) is 3.72. The van der Waals surface area contributed by atoms with Crippen LogP contribution in [-0.4, -0.2) is 16.4 Å². The van der Waals surface area contributed by atoms with Gasteiger partial charge in [0.05, 0.1) is 0 Å². The van der Waals surface area contributed by atoms with Crippen LogP contribution in [0.1, 0.15) is 0 Å². The second-order valence-electron chi connectivity index (χ2n) is 2.23. The smallest absolute Gasteiger partial charge is 0.366 e. The standard InChI is InChI=1S/C5H4ClF3N2OS/c6-4(3(10)12)11-2(1-13-4)5(7,8)9/h1,11H,(H2,10,12). The molecule has 1 amide bonds. The monoisotopic (exact) mass is 232 g/mol. The van der Waals surface area contributed by atoms with Crippen molar-refractivity contribution in [1.29, 1.82) is 0 Å². The lowest BCUT2D eigenvalue weighted by molar-refractivity contribution is -0.119. The molecule has 0 aromatic rings. The molecule has 8 heteroatoms. The van der Waals surface area contributed by atoms with Gasteiger partial charge in [0.25, 0.3) is 5.91 Å². The second-order valence-corrected chi connectivity index (χ2v) is 4.11. The summed E-state index contributed by atoms with van der Waals surface area (Å²) >= 11 is 5.92. The third-order valence-corrected chi connectivity index (χ3v) is 2.79. The van der Waals surface area contributed by atoms with Gasteiger partial charge in [0, 0.05) is 5.41 Å². The van der Waals surface area contributed by atoms with Crippen molar-refractivity contribution in [2.75, 3.05) is 0 Å². The van der Waals surface area contributed by atoms with Crippen molar-refractivity contribution in [3.63, 3.8) is 0 Å². The first-order valence-corrected chi connectivity index (χ1v) is 4.23. The van der Waals surface area contributed by atoms with E-state index in [4.69, 9.17) is 17.3 Å². The molecule has 1 heterocycles. The first-order valence-electron chi connectivity index (χ1n) is 2.98. The van der Waals surface area contributed by atoms with Crippen LogP contribution in [0.5, 0.6) is 0 Å². The van der Waals surface area contributed by atoms with Crippen molar-refractivity contribution in [3.05, 3.63) is 11.1 Å². The number of carbonyl (C=O) groups is 1. The van der Waals surface area contributed by atoms with Crippen molar-refractivity contribution in [2.45, 2.75) is 10.5 Å². The molecule has 74 valence electrons. The number of hydrogen-bond donors (Lipinski definition) is 2. The first-order chi connectivity index (χ1) is 5.76. The molecule has 0 spiro atoms. The summed E-state index contributed by atoms with van der Waals surface area (Å²) in [5.74, 6) is -1.06. The van der Waals surface area contributed by atoms with E-state index in [1.165, 1.54) is 0 Å². The van der Waals surface area contributed by atoms with Crippen molar-refractivity contribution in [2.24, 2.45) is 5.73 Å². The lowest BCUT2D eigenvalue weighted by atomic mass is 10.4. The summed E-state index contributed by atoms with van der Waals surface area (Å²) in [6, 6.07) is 0. The molecule has 0 aromatic heterocycles. The van der Waals surface area contributed by atoms with Gasteiger partial charge in [0.2, 0.25) is 4.33 Å². The molecule has 0 fully saturated rings. The Balaban J connectivity index is 2.77. The summed E-state index contributed by atoms with van der Waals surface area (Å²) in [7, 11) is 0. The van der Waals surface area contributed by atoms with E-state index in [0.717, 1.165) is 5.41 Å². The van der Waals surface area contributed by atoms with Crippen LogP contribution in [0.3, 0.4) is 0 Å². The number of alkyl halides is 4. The summed E-state index contributed by atoms with van der Waals surface area (Å²) in [6.45, 7) is 0. The molecule has 0 radical (unpaired) electrons. The van der Waals surface area contributed by atoms with Gasteiger partial charge in [0.15, 0.2) is 0 Å². The van der Waals surface area contributed by atoms with Crippen molar-refractivity contribution >= 4 is 29.3 Å². The highest BCUT2D eigenvalue weighted by molar-refractivity contribution is 8.05. The molecule has 1 aliphatic heterocycles. The van der Waals surface area contributed by atoms with Gasteiger partial charge >= 0.3 is 6.18 Å². The zero-order chi connectivity index (χ0) is 10.3. The number of halogens is 4. The maximum absolute atomic E-state index is 12.0. The second kappa shape index (κ2) is 2.98. The highest BCUT2D eigenvalue weighted by atomic mass is 35.5. The third-order valence-electron chi connectivity index (χ3n) is 1.26. The van der Waals surface area contributed by atoms with Crippen molar-refractivity contribution < 1.29 is 18.0 Å². The lowest BCUT2D eigenvalue weighted by Crippen LogP contribution is -2.46. The Bertz CT molecular complexity index is 279. The minimum absolute atomic E-state index is 0.486. The molecule has 0 saturated heterocycles. The van der Waals surface area contributed by atoms with Crippen LogP contribution in [-0.2, 0) is 4.79 Å². The van der Waals surface area contributed by atoms with E-state index in [0.29, 0.717) is 11.8 Å².